The Kier molecular flexibility index (Phi) is 5.69. The first-order chi connectivity index (χ1) is 12.8. The highest BCUT2D eigenvalue weighted by atomic mass is 32.2. The minimum atomic E-state index is -4.44. The summed E-state index contributed by atoms with van der Waals surface area (Å²) in [6, 6.07) is 9.16. The molecule has 2 aromatic rings. The lowest BCUT2D eigenvalue weighted by Crippen LogP contribution is -2.23. The van der Waals surface area contributed by atoms with Crippen molar-refractivity contribution in [3.05, 3.63) is 48.2 Å². The zero-order valence-electron chi connectivity index (χ0n) is 14.1. The number of aromatic nitrogens is 1. The van der Waals surface area contributed by atoms with E-state index >= 15 is 0 Å². The number of nitrogens with zero attached hydrogens (tertiary/aromatic N) is 2. The van der Waals surface area contributed by atoms with Gasteiger partial charge >= 0.3 is 6.18 Å². The van der Waals surface area contributed by atoms with E-state index in [0.29, 0.717) is 23.7 Å². The lowest BCUT2D eigenvalue weighted by Gasteiger charge is -2.16. The molecule has 3 rings (SSSR count). The zero-order chi connectivity index (χ0) is 19.4. The standard InChI is InChI=1S/C18H16F3N3O2S/c19-18(20,21)12-6-7-16(22-10-12)27-11-15(25)23-13-3-1-4-14(9-13)24-8-2-5-17(24)26/h1,3-4,6-7,9-10H,2,5,8,11H2,(H,23,25). The quantitative estimate of drug-likeness (QED) is 0.779. The number of benzene rings is 1. The molecule has 0 saturated carbocycles. The van der Waals surface area contributed by atoms with Crippen molar-refractivity contribution in [1.29, 1.82) is 0 Å². The number of hydrogen-bond acceptors (Lipinski definition) is 4. The monoisotopic (exact) mass is 395 g/mol. The molecule has 0 bridgehead atoms. The molecule has 2 heterocycles. The van der Waals surface area contributed by atoms with Gasteiger partial charge in [0.1, 0.15) is 0 Å². The number of amides is 2. The maximum Gasteiger partial charge on any atom is 0.417 e. The van der Waals surface area contributed by atoms with E-state index in [4.69, 9.17) is 0 Å². The van der Waals surface area contributed by atoms with E-state index in [1.165, 1.54) is 6.07 Å². The summed E-state index contributed by atoms with van der Waals surface area (Å²) in [5.74, 6) is -0.250. The van der Waals surface area contributed by atoms with Crippen LogP contribution in [0.4, 0.5) is 24.5 Å². The van der Waals surface area contributed by atoms with Gasteiger partial charge in [0.25, 0.3) is 0 Å². The van der Waals surface area contributed by atoms with Gasteiger partial charge in [0.15, 0.2) is 0 Å². The number of anilines is 2. The highest BCUT2D eigenvalue weighted by Crippen LogP contribution is 2.29. The normalized spacial score (nSPS) is 14.5. The highest BCUT2D eigenvalue weighted by molar-refractivity contribution is 7.99. The van der Waals surface area contributed by atoms with Crippen molar-refractivity contribution < 1.29 is 22.8 Å². The summed E-state index contributed by atoms with van der Waals surface area (Å²) in [7, 11) is 0. The molecular weight excluding hydrogens is 379 g/mol. The molecule has 2 amide bonds. The Balaban J connectivity index is 1.56. The first-order valence-electron chi connectivity index (χ1n) is 8.19. The molecule has 0 aliphatic carbocycles. The van der Waals surface area contributed by atoms with Crippen molar-refractivity contribution in [3.8, 4) is 0 Å². The van der Waals surface area contributed by atoms with Crippen molar-refractivity contribution in [2.45, 2.75) is 24.0 Å². The van der Waals surface area contributed by atoms with Crippen LogP contribution >= 0.6 is 11.8 Å². The third-order valence-electron chi connectivity index (χ3n) is 3.93. The second kappa shape index (κ2) is 7.99. The molecule has 5 nitrogen and oxygen atoms in total. The summed E-state index contributed by atoms with van der Waals surface area (Å²) < 4.78 is 37.5. The molecule has 1 aliphatic rings. The molecule has 142 valence electrons. The van der Waals surface area contributed by atoms with Crippen LogP contribution in [0.15, 0.2) is 47.6 Å². The molecule has 0 radical (unpaired) electrons. The van der Waals surface area contributed by atoms with Gasteiger partial charge < -0.3 is 10.2 Å². The first-order valence-corrected chi connectivity index (χ1v) is 9.18. The van der Waals surface area contributed by atoms with E-state index in [9.17, 15) is 22.8 Å². The molecule has 0 atom stereocenters. The number of nitrogens with one attached hydrogen (secondary N) is 1. The maximum atomic E-state index is 12.5. The van der Waals surface area contributed by atoms with Crippen LogP contribution in [0.2, 0.25) is 0 Å². The fourth-order valence-electron chi connectivity index (χ4n) is 2.64. The van der Waals surface area contributed by atoms with Gasteiger partial charge in [-0.3, -0.25) is 9.59 Å². The number of thioether (sulfide) groups is 1. The SMILES string of the molecule is O=C(CSc1ccc(C(F)(F)F)cn1)Nc1cccc(N2CCCC2=O)c1. The average molecular weight is 395 g/mol. The van der Waals surface area contributed by atoms with E-state index in [0.717, 1.165) is 36.1 Å². The maximum absolute atomic E-state index is 12.5. The molecular formula is C18H16F3N3O2S. The molecule has 1 aromatic heterocycles. The Hall–Kier alpha value is -2.55. The Labute approximate surface area is 158 Å². The van der Waals surface area contributed by atoms with Crippen LogP contribution in [0.3, 0.4) is 0 Å². The number of halogens is 3. The molecule has 1 aromatic carbocycles. The summed E-state index contributed by atoms with van der Waals surface area (Å²) in [5.41, 5.74) is 0.454. The average Bonchev–Trinajstić information content (AvgIpc) is 3.06. The summed E-state index contributed by atoms with van der Waals surface area (Å²) in [5, 5.41) is 3.05. The van der Waals surface area contributed by atoms with Gasteiger partial charge in [-0.25, -0.2) is 4.98 Å². The van der Waals surface area contributed by atoms with Crippen molar-refractivity contribution >= 4 is 35.0 Å². The number of alkyl halides is 3. The molecule has 9 heteroatoms. The zero-order valence-corrected chi connectivity index (χ0v) is 14.9. The molecule has 1 aliphatic heterocycles. The Morgan fingerprint density at radius 1 is 1.26 bits per heavy atom. The van der Waals surface area contributed by atoms with E-state index in [1.54, 1.807) is 29.2 Å². The smallest absolute Gasteiger partial charge is 0.325 e. The number of carbonyl (C=O) groups is 2. The van der Waals surface area contributed by atoms with Crippen LogP contribution in [0.25, 0.3) is 0 Å². The van der Waals surface area contributed by atoms with Crippen molar-refractivity contribution in [3.63, 3.8) is 0 Å². The Morgan fingerprint density at radius 2 is 2.07 bits per heavy atom. The van der Waals surface area contributed by atoms with Crippen molar-refractivity contribution in [2.24, 2.45) is 0 Å². The van der Waals surface area contributed by atoms with E-state index in [-0.39, 0.29) is 17.6 Å². The number of carbonyl (C=O) groups excluding carboxylic acids is 2. The third-order valence-corrected chi connectivity index (χ3v) is 4.87. The predicted octanol–water partition coefficient (Wildman–Crippen LogP) is 3.96. The summed E-state index contributed by atoms with van der Waals surface area (Å²) in [6.07, 6.45) is -2.36. The van der Waals surface area contributed by atoms with Gasteiger partial charge in [-0.15, -0.1) is 0 Å². The second-order valence-electron chi connectivity index (χ2n) is 5.92. The minimum Gasteiger partial charge on any atom is -0.325 e. The highest BCUT2D eigenvalue weighted by Gasteiger charge is 2.30. The van der Waals surface area contributed by atoms with Crippen LogP contribution < -0.4 is 10.2 Å². The summed E-state index contributed by atoms with van der Waals surface area (Å²) in [6.45, 7) is 0.658. The van der Waals surface area contributed by atoms with E-state index in [2.05, 4.69) is 10.3 Å². The van der Waals surface area contributed by atoms with Crippen molar-refractivity contribution in [1.82, 2.24) is 4.98 Å². The Morgan fingerprint density at radius 3 is 2.70 bits per heavy atom. The van der Waals surface area contributed by atoms with Gasteiger partial charge in [0.2, 0.25) is 11.8 Å². The van der Waals surface area contributed by atoms with Crippen molar-refractivity contribution in [2.75, 3.05) is 22.5 Å². The van der Waals surface area contributed by atoms with E-state index < -0.39 is 11.7 Å². The van der Waals surface area contributed by atoms with Gasteiger partial charge in [0, 0.05) is 30.5 Å². The van der Waals surface area contributed by atoms with Crippen LogP contribution in [0, 0.1) is 0 Å². The fraction of sp³-hybridized carbons (Fsp3) is 0.278. The van der Waals surface area contributed by atoms with Crippen LogP contribution in [-0.4, -0.2) is 29.1 Å². The predicted molar refractivity (Wildman–Crippen MR) is 96.6 cm³/mol. The molecule has 1 fully saturated rings. The topological polar surface area (TPSA) is 62.3 Å². The van der Waals surface area contributed by atoms with Gasteiger partial charge in [-0.05, 0) is 36.8 Å². The van der Waals surface area contributed by atoms with Crippen LogP contribution in [-0.2, 0) is 15.8 Å². The van der Waals surface area contributed by atoms with Crippen LogP contribution in [0.5, 0.6) is 0 Å². The molecule has 0 unspecified atom stereocenters. The van der Waals surface area contributed by atoms with Gasteiger partial charge in [-0.2, -0.15) is 13.2 Å². The molecule has 0 spiro atoms. The van der Waals surface area contributed by atoms with Crippen LogP contribution in [0.1, 0.15) is 18.4 Å². The second-order valence-corrected chi connectivity index (χ2v) is 6.91. The molecule has 27 heavy (non-hydrogen) atoms. The summed E-state index contributed by atoms with van der Waals surface area (Å²) in [4.78, 5) is 29.3. The molecule has 1 saturated heterocycles. The fourth-order valence-corrected chi connectivity index (χ4v) is 3.29. The molecule has 1 N–H and O–H groups in total. The first kappa shape index (κ1) is 19.2. The summed E-state index contributed by atoms with van der Waals surface area (Å²) >= 11 is 1.04. The minimum absolute atomic E-state index is 0.00520. The number of pyridine rings is 1. The largest absolute Gasteiger partial charge is 0.417 e. The van der Waals surface area contributed by atoms with Gasteiger partial charge in [-0.1, -0.05) is 17.8 Å². The lowest BCUT2D eigenvalue weighted by atomic mass is 10.2. The lowest BCUT2D eigenvalue weighted by molar-refractivity contribution is -0.137. The third kappa shape index (κ3) is 5.00. The number of rotatable bonds is 5. The Bertz CT molecular complexity index is 840. The number of hydrogen-bond donors (Lipinski definition) is 1. The van der Waals surface area contributed by atoms with E-state index in [1.807, 2.05) is 0 Å². The van der Waals surface area contributed by atoms with Gasteiger partial charge in [0.05, 0.1) is 16.3 Å².